The van der Waals surface area contributed by atoms with Crippen LogP contribution in [0.2, 0.25) is 0 Å². The van der Waals surface area contributed by atoms with Crippen molar-refractivity contribution in [3.63, 3.8) is 0 Å². The van der Waals surface area contributed by atoms with Gasteiger partial charge in [-0.05, 0) is 36.8 Å². The Bertz CT molecular complexity index is 495. The first-order valence-corrected chi connectivity index (χ1v) is 5.04. The third-order valence-corrected chi connectivity index (χ3v) is 2.47. The van der Waals surface area contributed by atoms with Crippen molar-refractivity contribution >= 4 is 17.1 Å². The Labute approximate surface area is 93.9 Å². The van der Waals surface area contributed by atoms with Gasteiger partial charge in [-0.25, -0.2) is 4.39 Å². The van der Waals surface area contributed by atoms with Gasteiger partial charge in [0.05, 0.1) is 0 Å². The Morgan fingerprint density at radius 1 is 1.12 bits per heavy atom. The normalized spacial score (nSPS) is 10.1. The summed E-state index contributed by atoms with van der Waals surface area (Å²) in [4.78, 5) is 0. The van der Waals surface area contributed by atoms with Gasteiger partial charge in [0.1, 0.15) is 5.82 Å². The second kappa shape index (κ2) is 4.23. The number of anilines is 3. The topological polar surface area (TPSA) is 38.0 Å². The second-order valence-electron chi connectivity index (χ2n) is 3.66. The van der Waals surface area contributed by atoms with E-state index in [1.54, 1.807) is 0 Å². The molecule has 0 saturated carbocycles. The Balaban J connectivity index is 2.35. The quantitative estimate of drug-likeness (QED) is 0.754. The minimum absolute atomic E-state index is 0.332. The van der Waals surface area contributed by atoms with Crippen molar-refractivity contribution in [3.8, 4) is 0 Å². The van der Waals surface area contributed by atoms with Crippen molar-refractivity contribution < 1.29 is 4.39 Å². The lowest BCUT2D eigenvalue weighted by Gasteiger charge is -2.11. The smallest absolute Gasteiger partial charge is 0.127 e. The molecule has 16 heavy (non-hydrogen) atoms. The molecule has 2 aromatic carbocycles. The zero-order valence-electron chi connectivity index (χ0n) is 9.00. The summed E-state index contributed by atoms with van der Waals surface area (Å²) in [7, 11) is 0. The van der Waals surface area contributed by atoms with Gasteiger partial charge in [-0.1, -0.05) is 18.2 Å². The van der Waals surface area contributed by atoms with Gasteiger partial charge in [-0.15, -0.1) is 0 Å². The van der Waals surface area contributed by atoms with E-state index in [1.165, 1.54) is 12.1 Å². The van der Waals surface area contributed by atoms with Gasteiger partial charge in [0.2, 0.25) is 0 Å². The highest BCUT2D eigenvalue weighted by molar-refractivity contribution is 5.69. The number of nitrogen functional groups attached to an aromatic ring is 1. The fourth-order valence-electron chi connectivity index (χ4n) is 1.51. The van der Waals surface area contributed by atoms with E-state index in [9.17, 15) is 4.39 Å². The zero-order chi connectivity index (χ0) is 11.5. The molecular weight excluding hydrogens is 203 g/mol. The third kappa shape index (κ3) is 2.14. The largest absolute Gasteiger partial charge is 0.398 e. The molecule has 2 rings (SSSR count). The van der Waals surface area contributed by atoms with Gasteiger partial charge in [0.15, 0.2) is 0 Å². The molecule has 0 saturated heterocycles. The molecule has 0 unspecified atom stereocenters. The minimum atomic E-state index is -0.332. The maximum atomic E-state index is 13.2. The highest BCUT2D eigenvalue weighted by Gasteiger charge is 2.04. The lowest BCUT2D eigenvalue weighted by Crippen LogP contribution is -1.98. The highest BCUT2D eigenvalue weighted by atomic mass is 19.1. The lowest BCUT2D eigenvalue weighted by atomic mass is 10.1. The summed E-state index contributed by atoms with van der Waals surface area (Å²) in [6, 6.07) is 12.4. The standard InChI is InChI=1S/C13H13FN2/c1-9-12(15)7-10(14)8-13(9)16-11-5-3-2-4-6-11/h2-8,16H,15H2,1H3. The molecule has 2 aromatic rings. The summed E-state index contributed by atoms with van der Waals surface area (Å²) in [6.45, 7) is 1.86. The monoisotopic (exact) mass is 216 g/mol. The van der Waals surface area contributed by atoms with Crippen molar-refractivity contribution in [3.05, 3.63) is 53.8 Å². The third-order valence-electron chi connectivity index (χ3n) is 2.47. The van der Waals surface area contributed by atoms with E-state index in [-0.39, 0.29) is 5.82 Å². The number of benzene rings is 2. The first-order chi connectivity index (χ1) is 7.66. The van der Waals surface area contributed by atoms with E-state index in [0.29, 0.717) is 11.4 Å². The average Bonchev–Trinajstić information content (AvgIpc) is 2.27. The lowest BCUT2D eigenvalue weighted by molar-refractivity contribution is 0.629. The number of halogens is 1. The number of hydrogen-bond donors (Lipinski definition) is 2. The first-order valence-electron chi connectivity index (χ1n) is 5.04. The van der Waals surface area contributed by atoms with Crippen LogP contribution in [0.5, 0.6) is 0 Å². The highest BCUT2D eigenvalue weighted by Crippen LogP contribution is 2.25. The van der Waals surface area contributed by atoms with Crippen molar-refractivity contribution in [2.24, 2.45) is 0 Å². The predicted molar refractivity (Wildman–Crippen MR) is 65.3 cm³/mol. The molecule has 82 valence electrons. The Kier molecular flexibility index (Phi) is 2.77. The van der Waals surface area contributed by atoms with Crippen LogP contribution >= 0.6 is 0 Å². The molecule has 0 amide bonds. The fourth-order valence-corrected chi connectivity index (χ4v) is 1.51. The maximum absolute atomic E-state index is 13.2. The van der Waals surface area contributed by atoms with Crippen LogP contribution in [0.15, 0.2) is 42.5 Å². The van der Waals surface area contributed by atoms with Crippen LogP contribution < -0.4 is 11.1 Å². The van der Waals surface area contributed by atoms with E-state index in [2.05, 4.69) is 5.32 Å². The van der Waals surface area contributed by atoms with Crippen molar-refractivity contribution in [1.82, 2.24) is 0 Å². The van der Waals surface area contributed by atoms with Gasteiger partial charge in [-0.3, -0.25) is 0 Å². The van der Waals surface area contributed by atoms with E-state index < -0.39 is 0 Å². The maximum Gasteiger partial charge on any atom is 0.127 e. The molecule has 0 radical (unpaired) electrons. The molecule has 3 heteroatoms. The number of hydrogen-bond acceptors (Lipinski definition) is 2. The Hall–Kier alpha value is -2.03. The summed E-state index contributed by atoms with van der Waals surface area (Å²) in [6.07, 6.45) is 0. The van der Waals surface area contributed by atoms with Crippen LogP contribution in [0.4, 0.5) is 21.5 Å². The van der Waals surface area contributed by atoms with E-state index in [4.69, 9.17) is 5.73 Å². The second-order valence-corrected chi connectivity index (χ2v) is 3.66. The Morgan fingerprint density at radius 3 is 2.50 bits per heavy atom. The molecule has 0 spiro atoms. The molecule has 0 aliphatic rings. The van der Waals surface area contributed by atoms with Crippen LogP contribution in [-0.2, 0) is 0 Å². The van der Waals surface area contributed by atoms with Gasteiger partial charge in [0, 0.05) is 17.1 Å². The Morgan fingerprint density at radius 2 is 1.81 bits per heavy atom. The predicted octanol–water partition coefficient (Wildman–Crippen LogP) is 3.46. The minimum Gasteiger partial charge on any atom is -0.398 e. The van der Waals surface area contributed by atoms with Crippen LogP contribution in [0, 0.1) is 12.7 Å². The summed E-state index contributed by atoms with van der Waals surface area (Å²) in [5, 5.41) is 3.13. The molecule has 0 bridgehead atoms. The number of nitrogens with two attached hydrogens (primary N) is 1. The zero-order valence-corrected chi connectivity index (χ0v) is 9.00. The van der Waals surface area contributed by atoms with Gasteiger partial charge in [0.25, 0.3) is 0 Å². The summed E-state index contributed by atoms with van der Waals surface area (Å²) < 4.78 is 13.2. The van der Waals surface area contributed by atoms with E-state index >= 15 is 0 Å². The van der Waals surface area contributed by atoms with Gasteiger partial charge in [-0.2, -0.15) is 0 Å². The summed E-state index contributed by atoms with van der Waals surface area (Å²) >= 11 is 0. The van der Waals surface area contributed by atoms with Crippen molar-refractivity contribution in [2.75, 3.05) is 11.1 Å². The molecule has 0 aliphatic heterocycles. The van der Waals surface area contributed by atoms with Crippen molar-refractivity contribution in [2.45, 2.75) is 6.92 Å². The number of rotatable bonds is 2. The van der Waals surface area contributed by atoms with Gasteiger partial charge >= 0.3 is 0 Å². The first kappa shape index (κ1) is 10.5. The SMILES string of the molecule is Cc1c(N)cc(F)cc1Nc1ccccc1. The van der Waals surface area contributed by atoms with Crippen LogP contribution in [0.25, 0.3) is 0 Å². The van der Waals surface area contributed by atoms with Crippen LogP contribution in [0.3, 0.4) is 0 Å². The molecule has 2 nitrogen and oxygen atoms in total. The van der Waals surface area contributed by atoms with E-state index in [0.717, 1.165) is 11.3 Å². The fraction of sp³-hybridized carbons (Fsp3) is 0.0769. The summed E-state index contributed by atoms with van der Waals surface area (Å²) in [5.41, 5.74) is 8.61. The molecule has 3 N–H and O–H groups in total. The summed E-state index contributed by atoms with van der Waals surface area (Å²) in [5.74, 6) is -0.332. The molecule has 0 aromatic heterocycles. The number of nitrogens with one attached hydrogen (secondary N) is 1. The molecule has 0 fully saturated rings. The van der Waals surface area contributed by atoms with Crippen molar-refractivity contribution in [1.29, 1.82) is 0 Å². The van der Waals surface area contributed by atoms with Crippen LogP contribution in [0.1, 0.15) is 5.56 Å². The number of para-hydroxylation sites is 1. The molecule has 0 atom stereocenters. The molecule has 0 aliphatic carbocycles. The van der Waals surface area contributed by atoms with Crippen LogP contribution in [-0.4, -0.2) is 0 Å². The molecule has 0 heterocycles. The van der Waals surface area contributed by atoms with E-state index in [1.807, 2.05) is 37.3 Å². The van der Waals surface area contributed by atoms with Gasteiger partial charge < -0.3 is 11.1 Å². The average molecular weight is 216 g/mol. The molecular formula is C13H13FN2.